The average molecular weight is 290 g/mol. The summed E-state index contributed by atoms with van der Waals surface area (Å²) in [7, 11) is 0. The van der Waals surface area contributed by atoms with E-state index >= 15 is 0 Å². The standard InChI is InChI=1S/C18H30N2O/c1-5-9-16-10-7-8-11-19(16)13-18(21)17-12-14(3)20(6-2)15(17)4/h12,16H,5-11,13H2,1-4H3. The molecule has 21 heavy (non-hydrogen) atoms. The van der Waals surface area contributed by atoms with Crippen molar-refractivity contribution in [3.05, 3.63) is 23.0 Å². The summed E-state index contributed by atoms with van der Waals surface area (Å²) in [5.74, 6) is 0.297. The van der Waals surface area contributed by atoms with Crippen LogP contribution >= 0.6 is 0 Å². The molecular formula is C18H30N2O. The Hall–Kier alpha value is -1.09. The van der Waals surface area contributed by atoms with Crippen LogP contribution in [0.2, 0.25) is 0 Å². The number of piperidine rings is 1. The first-order chi connectivity index (χ1) is 10.1. The van der Waals surface area contributed by atoms with Crippen molar-refractivity contribution in [3.63, 3.8) is 0 Å². The molecule has 3 nitrogen and oxygen atoms in total. The highest BCUT2D eigenvalue weighted by Crippen LogP contribution is 2.22. The van der Waals surface area contributed by atoms with Gasteiger partial charge in [-0.05, 0) is 52.6 Å². The maximum absolute atomic E-state index is 12.7. The minimum atomic E-state index is 0.297. The predicted molar refractivity (Wildman–Crippen MR) is 88.0 cm³/mol. The molecule has 0 spiro atoms. The summed E-state index contributed by atoms with van der Waals surface area (Å²) in [5, 5.41) is 0. The first-order valence-electron chi connectivity index (χ1n) is 8.52. The number of aromatic nitrogens is 1. The van der Waals surface area contributed by atoms with E-state index in [-0.39, 0.29) is 0 Å². The molecule has 1 unspecified atom stereocenters. The summed E-state index contributed by atoms with van der Waals surface area (Å²) < 4.78 is 2.23. The molecule has 0 aromatic carbocycles. The Kier molecular flexibility index (Phi) is 5.63. The van der Waals surface area contributed by atoms with Crippen molar-refractivity contribution in [3.8, 4) is 0 Å². The third-order valence-electron chi connectivity index (χ3n) is 4.91. The van der Waals surface area contributed by atoms with Crippen LogP contribution in [0.25, 0.3) is 0 Å². The van der Waals surface area contributed by atoms with Crippen LogP contribution in [-0.4, -0.2) is 34.4 Å². The van der Waals surface area contributed by atoms with Gasteiger partial charge in [0.2, 0.25) is 0 Å². The van der Waals surface area contributed by atoms with E-state index in [0.29, 0.717) is 18.4 Å². The topological polar surface area (TPSA) is 25.2 Å². The number of rotatable bonds is 6. The number of hydrogen-bond donors (Lipinski definition) is 0. The summed E-state index contributed by atoms with van der Waals surface area (Å²) >= 11 is 0. The molecule has 0 amide bonds. The minimum Gasteiger partial charge on any atom is -0.349 e. The summed E-state index contributed by atoms with van der Waals surface area (Å²) in [6.45, 7) is 11.2. The number of likely N-dealkylation sites (tertiary alicyclic amines) is 1. The van der Waals surface area contributed by atoms with Crippen LogP contribution in [0.15, 0.2) is 6.07 Å². The zero-order valence-corrected chi connectivity index (χ0v) is 14.1. The third kappa shape index (κ3) is 3.57. The molecule has 1 fully saturated rings. The van der Waals surface area contributed by atoms with Gasteiger partial charge in [-0.2, -0.15) is 0 Å². The summed E-state index contributed by atoms with van der Waals surface area (Å²) in [5.41, 5.74) is 3.25. The second-order valence-electron chi connectivity index (χ2n) is 6.36. The zero-order valence-electron chi connectivity index (χ0n) is 14.1. The lowest BCUT2D eigenvalue weighted by atomic mass is 9.97. The van der Waals surface area contributed by atoms with Gasteiger partial charge in [0.05, 0.1) is 6.54 Å². The molecular weight excluding hydrogens is 260 g/mol. The Bertz CT molecular complexity index is 488. The molecule has 0 aliphatic carbocycles. The minimum absolute atomic E-state index is 0.297. The highest BCUT2D eigenvalue weighted by atomic mass is 16.1. The normalized spacial score (nSPS) is 19.9. The molecule has 1 aliphatic heterocycles. The number of hydrogen-bond acceptors (Lipinski definition) is 2. The molecule has 1 saturated heterocycles. The van der Waals surface area contributed by atoms with Crippen LogP contribution in [-0.2, 0) is 6.54 Å². The van der Waals surface area contributed by atoms with Crippen LogP contribution in [0.4, 0.5) is 0 Å². The fraction of sp³-hybridized carbons (Fsp3) is 0.722. The Balaban J connectivity index is 2.09. The van der Waals surface area contributed by atoms with E-state index in [9.17, 15) is 4.79 Å². The number of carbonyl (C=O) groups is 1. The van der Waals surface area contributed by atoms with Crippen LogP contribution in [0, 0.1) is 13.8 Å². The molecule has 0 bridgehead atoms. The van der Waals surface area contributed by atoms with Crippen LogP contribution in [0.5, 0.6) is 0 Å². The molecule has 1 aromatic heterocycles. The number of ketones is 1. The van der Waals surface area contributed by atoms with E-state index < -0.39 is 0 Å². The first kappa shape index (κ1) is 16.3. The van der Waals surface area contributed by atoms with Crippen molar-refractivity contribution in [1.29, 1.82) is 0 Å². The number of aryl methyl sites for hydroxylation is 1. The molecule has 0 N–H and O–H groups in total. The zero-order chi connectivity index (χ0) is 15.4. The number of Topliss-reactive ketones (excluding diaryl/α,β-unsaturated/α-hetero) is 1. The SMILES string of the molecule is CCCC1CCCCN1CC(=O)c1cc(C)n(CC)c1C. The molecule has 0 saturated carbocycles. The van der Waals surface area contributed by atoms with Crippen LogP contribution in [0.1, 0.15) is 67.7 Å². The van der Waals surface area contributed by atoms with E-state index in [0.717, 1.165) is 24.3 Å². The van der Waals surface area contributed by atoms with E-state index in [1.54, 1.807) is 0 Å². The van der Waals surface area contributed by atoms with Crippen molar-refractivity contribution in [2.45, 2.75) is 72.4 Å². The maximum Gasteiger partial charge on any atom is 0.178 e. The fourth-order valence-electron chi connectivity index (χ4n) is 3.77. The lowest BCUT2D eigenvalue weighted by Gasteiger charge is -2.35. The van der Waals surface area contributed by atoms with Gasteiger partial charge in [0, 0.05) is 29.5 Å². The molecule has 1 aromatic rings. The molecule has 1 atom stereocenters. The van der Waals surface area contributed by atoms with Crippen molar-refractivity contribution in [1.82, 2.24) is 9.47 Å². The molecule has 0 radical (unpaired) electrons. The van der Waals surface area contributed by atoms with E-state index in [4.69, 9.17) is 0 Å². The Labute approximate surface area is 129 Å². The largest absolute Gasteiger partial charge is 0.349 e. The smallest absolute Gasteiger partial charge is 0.178 e. The number of carbonyl (C=O) groups excluding carboxylic acids is 1. The van der Waals surface area contributed by atoms with Gasteiger partial charge < -0.3 is 4.57 Å². The second kappa shape index (κ2) is 7.26. The van der Waals surface area contributed by atoms with Gasteiger partial charge in [0.1, 0.15) is 0 Å². The maximum atomic E-state index is 12.7. The molecule has 2 rings (SSSR count). The summed E-state index contributed by atoms with van der Waals surface area (Å²) in [4.78, 5) is 15.1. The lowest BCUT2D eigenvalue weighted by molar-refractivity contribution is 0.0830. The van der Waals surface area contributed by atoms with E-state index in [1.807, 2.05) is 0 Å². The van der Waals surface area contributed by atoms with Gasteiger partial charge in [0.25, 0.3) is 0 Å². The van der Waals surface area contributed by atoms with Gasteiger partial charge in [-0.25, -0.2) is 0 Å². The first-order valence-corrected chi connectivity index (χ1v) is 8.52. The van der Waals surface area contributed by atoms with Crippen molar-refractivity contribution in [2.24, 2.45) is 0 Å². The number of nitrogens with zero attached hydrogens (tertiary/aromatic N) is 2. The Morgan fingerprint density at radius 3 is 2.67 bits per heavy atom. The monoisotopic (exact) mass is 290 g/mol. The third-order valence-corrected chi connectivity index (χ3v) is 4.91. The van der Waals surface area contributed by atoms with Gasteiger partial charge in [-0.1, -0.05) is 19.8 Å². The fourth-order valence-corrected chi connectivity index (χ4v) is 3.77. The molecule has 1 aliphatic rings. The van der Waals surface area contributed by atoms with Crippen molar-refractivity contribution >= 4 is 5.78 Å². The predicted octanol–water partition coefficient (Wildman–Crippen LogP) is 3.96. The lowest BCUT2D eigenvalue weighted by Crippen LogP contribution is -2.42. The van der Waals surface area contributed by atoms with Crippen molar-refractivity contribution in [2.75, 3.05) is 13.1 Å². The summed E-state index contributed by atoms with van der Waals surface area (Å²) in [6, 6.07) is 2.68. The molecule has 3 heteroatoms. The van der Waals surface area contributed by atoms with E-state index in [2.05, 4.69) is 43.2 Å². The quantitative estimate of drug-likeness (QED) is 0.741. The van der Waals surface area contributed by atoms with Crippen LogP contribution in [0.3, 0.4) is 0 Å². The van der Waals surface area contributed by atoms with Crippen LogP contribution < -0.4 is 0 Å². The second-order valence-corrected chi connectivity index (χ2v) is 6.36. The van der Waals surface area contributed by atoms with Gasteiger partial charge in [0.15, 0.2) is 5.78 Å². The highest BCUT2D eigenvalue weighted by Gasteiger charge is 2.25. The van der Waals surface area contributed by atoms with E-state index in [1.165, 1.54) is 37.8 Å². The summed E-state index contributed by atoms with van der Waals surface area (Å²) in [6.07, 6.45) is 6.25. The Morgan fingerprint density at radius 1 is 1.29 bits per heavy atom. The van der Waals surface area contributed by atoms with Gasteiger partial charge in [-0.3, -0.25) is 9.69 Å². The molecule has 118 valence electrons. The highest BCUT2D eigenvalue weighted by molar-refractivity contribution is 5.99. The van der Waals surface area contributed by atoms with Gasteiger partial charge >= 0.3 is 0 Å². The van der Waals surface area contributed by atoms with Gasteiger partial charge in [-0.15, -0.1) is 0 Å². The molecule has 2 heterocycles. The Morgan fingerprint density at radius 2 is 2.05 bits per heavy atom. The van der Waals surface area contributed by atoms with Crippen molar-refractivity contribution < 1.29 is 4.79 Å². The average Bonchev–Trinajstić information content (AvgIpc) is 2.76.